The fraction of sp³-hybridized carbons (Fsp3) is 0.235. The van der Waals surface area contributed by atoms with Crippen LogP contribution in [-0.4, -0.2) is 47.7 Å². The zero-order valence-corrected chi connectivity index (χ0v) is 23.7. The van der Waals surface area contributed by atoms with Crippen LogP contribution in [0.4, 0.5) is 5.69 Å². The third-order valence-corrected chi connectivity index (χ3v) is 7.98. The average Bonchev–Trinajstić information content (AvgIpc) is 2.99. The van der Waals surface area contributed by atoms with E-state index in [4.69, 9.17) is 16.3 Å². The first-order chi connectivity index (χ1) is 20.0. The highest BCUT2D eigenvalue weighted by Gasteiger charge is 2.39. The van der Waals surface area contributed by atoms with Crippen LogP contribution in [0.25, 0.3) is 11.1 Å². The summed E-state index contributed by atoms with van der Waals surface area (Å²) >= 11 is 5.99. The van der Waals surface area contributed by atoms with Crippen molar-refractivity contribution in [2.24, 2.45) is 0 Å². The number of nitrogens with zero attached hydrogens (tertiary/aromatic N) is 2. The highest BCUT2D eigenvalue weighted by molar-refractivity contribution is 6.30. The van der Waals surface area contributed by atoms with Gasteiger partial charge in [0.15, 0.2) is 0 Å². The fourth-order valence-electron chi connectivity index (χ4n) is 5.36. The fourth-order valence-corrected chi connectivity index (χ4v) is 5.49. The number of fused-ring (bicyclic) bond motifs is 1. The second kappa shape index (κ2) is 11.7. The van der Waals surface area contributed by atoms with E-state index in [1.807, 2.05) is 92.0 Å². The van der Waals surface area contributed by atoms with E-state index in [0.717, 1.165) is 71.9 Å². The zero-order chi connectivity index (χ0) is 28.2. The van der Waals surface area contributed by atoms with Crippen LogP contribution in [0.5, 0.6) is 5.75 Å². The maximum atomic E-state index is 12.6. The second-order valence-electron chi connectivity index (χ2n) is 10.6. The molecule has 3 aromatic carbocycles. The number of halogens is 1. The van der Waals surface area contributed by atoms with Crippen molar-refractivity contribution in [2.45, 2.75) is 25.4 Å². The second-order valence-corrected chi connectivity index (χ2v) is 11.0. The number of carbonyl (C=O) groups is 1. The maximum absolute atomic E-state index is 12.6. The van der Waals surface area contributed by atoms with Crippen molar-refractivity contribution < 1.29 is 9.53 Å². The zero-order valence-electron chi connectivity index (χ0n) is 22.9. The first-order valence-electron chi connectivity index (χ1n) is 13.9. The van der Waals surface area contributed by atoms with Gasteiger partial charge >= 0.3 is 0 Å². The standard InChI is InChI=1S/C34H31ClN4O2/c1-24-22-25(6-13-29-14-10-27(23-36-29)26-8-11-28(35)12-9-26)7-15-32(24)41-21-20-39-18-16-34(17-19-39)37-31-5-3-2-4-30(31)33(40)38-34/h2-5,7-12,14-15,22-23,37H,16-21H2,1H3,(H,38,40). The maximum Gasteiger partial charge on any atom is 0.255 e. The predicted octanol–water partition coefficient (Wildman–Crippen LogP) is 6.14. The molecule has 3 heterocycles. The number of ether oxygens (including phenoxy) is 1. The first kappa shape index (κ1) is 26.9. The molecule has 41 heavy (non-hydrogen) atoms. The molecule has 2 N–H and O–H groups in total. The van der Waals surface area contributed by atoms with Crippen molar-refractivity contribution in [2.75, 3.05) is 31.6 Å². The van der Waals surface area contributed by atoms with E-state index < -0.39 is 0 Å². The molecule has 0 bridgehead atoms. The molecular weight excluding hydrogens is 532 g/mol. The number of anilines is 1. The molecule has 1 spiro atoms. The third-order valence-electron chi connectivity index (χ3n) is 7.72. The van der Waals surface area contributed by atoms with E-state index in [1.165, 1.54) is 0 Å². The van der Waals surface area contributed by atoms with Gasteiger partial charge in [0.05, 0.1) is 5.56 Å². The predicted molar refractivity (Wildman–Crippen MR) is 163 cm³/mol. The molecule has 6 nitrogen and oxygen atoms in total. The van der Waals surface area contributed by atoms with Gasteiger partial charge in [-0.2, -0.15) is 0 Å². The van der Waals surface area contributed by atoms with Crippen molar-refractivity contribution in [1.82, 2.24) is 15.2 Å². The van der Waals surface area contributed by atoms with Crippen molar-refractivity contribution in [3.63, 3.8) is 0 Å². The van der Waals surface area contributed by atoms with Gasteiger partial charge < -0.3 is 15.4 Å². The highest BCUT2D eigenvalue weighted by Crippen LogP contribution is 2.31. The lowest BCUT2D eigenvalue weighted by Gasteiger charge is -2.45. The summed E-state index contributed by atoms with van der Waals surface area (Å²) in [5, 5.41) is 7.50. The summed E-state index contributed by atoms with van der Waals surface area (Å²) in [6.07, 6.45) is 3.52. The van der Waals surface area contributed by atoms with Crippen molar-refractivity contribution >= 4 is 23.2 Å². The van der Waals surface area contributed by atoms with E-state index in [9.17, 15) is 4.79 Å². The lowest BCUT2D eigenvalue weighted by molar-refractivity contribution is 0.0813. The molecule has 1 amide bonds. The normalized spacial score (nSPS) is 15.7. The summed E-state index contributed by atoms with van der Waals surface area (Å²) in [6.45, 7) is 5.26. The Labute approximate surface area is 245 Å². The van der Waals surface area contributed by atoms with Gasteiger partial charge in [-0.15, -0.1) is 0 Å². The molecule has 0 atom stereocenters. The molecule has 0 radical (unpaired) electrons. The van der Waals surface area contributed by atoms with Crippen LogP contribution >= 0.6 is 11.6 Å². The molecule has 0 unspecified atom stereocenters. The number of pyridine rings is 1. The Morgan fingerprint density at radius 2 is 1.73 bits per heavy atom. The Morgan fingerprint density at radius 1 is 0.951 bits per heavy atom. The number of hydrogen-bond donors (Lipinski definition) is 2. The molecule has 1 aromatic heterocycles. The molecule has 0 saturated carbocycles. The topological polar surface area (TPSA) is 66.5 Å². The highest BCUT2D eigenvalue weighted by atomic mass is 35.5. The molecule has 4 aromatic rings. The molecule has 2 aliphatic heterocycles. The Kier molecular flexibility index (Phi) is 7.65. The van der Waals surface area contributed by atoms with Gasteiger partial charge in [0.1, 0.15) is 23.7 Å². The summed E-state index contributed by atoms with van der Waals surface area (Å²) in [7, 11) is 0. The molecule has 2 aliphatic rings. The molecule has 206 valence electrons. The monoisotopic (exact) mass is 562 g/mol. The number of piperidine rings is 1. The Balaban J connectivity index is 0.990. The van der Waals surface area contributed by atoms with Crippen LogP contribution in [0.1, 0.15) is 40.0 Å². The number of aromatic nitrogens is 1. The number of aryl methyl sites for hydroxylation is 1. The Hall–Kier alpha value is -4.31. The quantitative estimate of drug-likeness (QED) is 0.286. The molecule has 1 fully saturated rings. The van der Waals surface area contributed by atoms with Gasteiger partial charge in [0, 0.05) is 60.5 Å². The summed E-state index contributed by atoms with van der Waals surface area (Å²) in [4.78, 5) is 19.5. The molecule has 0 aliphatic carbocycles. The summed E-state index contributed by atoms with van der Waals surface area (Å²) in [5.74, 6) is 7.24. The van der Waals surface area contributed by atoms with E-state index in [1.54, 1.807) is 0 Å². The van der Waals surface area contributed by atoms with Crippen LogP contribution in [-0.2, 0) is 0 Å². The number of hydrogen-bond acceptors (Lipinski definition) is 5. The van der Waals surface area contributed by atoms with Crippen LogP contribution < -0.4 is 15.4 Å². The minimum atomic E-state index is -0.371. The van der Waals surface area contributed by atoms with E-state index >= 15 is 0 Å². The number of carbonyl (C=O) groups excluding carboxylic acids is 1. The van der Waals surface area contributed by atoms with Crippen molar-refractivity contribution in [3.8, 4) is 28.7 Å². The van der Waals surface area contributed by atoms with Gasteiger partial charge in [-0.25, -0.2) is 4.98 Å². The molecule has 6 rings (SSSR count). The van der Waals surface area contributed by atoms with Crippen LogP contribution in [0, 0.1) is 18.8 Å². The number of benzene rings is 3. The van der Waals surface area contributed by atoms with Gasteiger partial charge in [-0.3, -0.25) is 9.69 Å². The first-order valence-corrected chi connectivity index (χ1v) is 14.2. The van der Waals surface area contributed by atoms with Crippen LogP contribution in [0.3, 0.4) is 0 Å². The lowest BCUT2D eigenvalue weighted by atomic mass is 9.92. The summed E-state index contributed by atoms with van der Waals surface area (Å²) in [5.41, 5.74) is 6.04. The number of likely N-dealkylation sites (tertiary alicyclic amines) is 1. The van der Waals surface area contributed by atoms with Crippen molar-refractivity contribution in [1.29, 1.82) is 0 Å². The number of para-hydroxylation sites is 1. The van der Waals surface area contributed by atoms with Crippen LogP contribution in [0.2, 0.25) is 5.02 Å². The molecule has 7 heteroatoms. The minimum absolute atomic E-state index is 0.00284. The largest absolute Gasteiger partial charge is 0.492 e. The summed E-state index contributed by atoms with van der Waals surface area (Å²) in [6, 6.07) is 25.4. The van der Waals surface area contributed by atoms with Gasteiger partial charge in [-0.05, 0) is 72.5 Å². The van der Waals surface area contributed by atoms with E-state index in [-0.39, 0.29) is 11.6 Å². The Morgan fingerprint density at radius 3 is 2.49 bits per heavy atom. The Bertz CT molecular complexity index is 1620. The van der Waals surface area contributed by atoms with E-state index in [0.29, 0.717) is 17.2 Å². The number of nitrogens with one attached hydrogen (secondary N) is 2. The smallest absolute Gasteiger partial charge is 0.255 e. The van der Waals surface area contributed by atoms with Gasteiger partial charge in [0.25, 0.3) is 5.91 Å². The SMILES string of the molecule is Cc1cc(C#Cc2ccc(-c3ccc(Cl)cc3)cn2)ccc1OCCN1CCC2(CC1)NC(=O)c1ccccc1N2. The number of rotatable bonds is 5. The third kappa shape index (κ3) is 6.22. The van der Waals surface area contributed by atoms with Gasteiger partial charge in [0.2, 0.25) is 0 Å². The van der Waals surface area contributed by atoms with Gasteiger partial charge in [-0.1, -0.05) is 47.9 Å². The molecule has 1 saturated heterocycles. The molecular formula is C34H31ClN4O2. The lowest BCUT2D eigenvalue weighted by Crippen LogP contribution is -2.62. The van der Waals surface area contributed by atoms with Crippen molar-refractivity contribution in [3.05, 3.63) is 112 Å². The summed E-state index contributed by atoms with van der Waals surface area (Å²) < 4.78 is 6.12. The van der Waals surface area contributed by atoms with E-state index in [2.05, 4.69) is 32.4 Å². The minimum Gasteiger partial charge on any atom is -0.492 e. The van der Waals surface area contributed by atoms with Crippen LogP contribution in [0.15, 0.2) is 85.1 Å². The number of amides is 1. The average molecular weight is 563 g/mol.